The van der Waals surface area contributed by atoms with E-state index in [4.69, 9.17) is 0 Å². The number of hydrogen-bond donors (Lipinski definition) is 1. The van der Waals surface area contributed by atoms with Crippen molar-refractivity contribution in [1.29, 1.82) is 0 Å². The van der Waals surface area contributed by atoms with Crippen molar-refractivity contribution in [3.05, 3.63) is 33.7 Å². The summed E-state index contributed by atoms with van der Waals surface area (Å²) >= 11 is 1.67. The van der Waals surface area contributed by atoms with Crippen LogP contribution < -0.4 is 5.32 Å². The summed E-state index contributed by atoms with van der Waals surface area (Å²) in [6, 6.07) is -0.354. The van der Waals surface area contributed by atoms with Crippen LogP contribution in [0.5, 0.6) is 0 Å². The number of carbonyl (C=O) groups is 2. The Balaban J connectivity index is 1.82. The Morgan fingerprint density at radius 3 is 2.90 bits per heavy atom. The van der Waals surface area contributed by atoms with Gasteiger partial charge in [-0.25, -0.2) is 0 Å². The first-order valence-electron chi connectivity index (χ1n) is 7.36. The highest BCUT2D eigenvalue weighted by molar-refractivity contribution is 7.10. The molecule has 21 heavy (non-hydrogen) atoms. The average molecular weight is 304 g/mol. The van der Waals surface area contributed by atoms with Gasteiger partial charge in [-0.05, 0) is 30.7 Å². The molecule has 1 N–H and O–H groups in total. The van der Waals surface area contributed by atoms with Gasteiger partial charge in [0.1, 0.15) is 6.04 Å². The second kappa shape index (κ2) is 5.30. The Bertz CT molecular complexity index is 618. The van der Waals surface area contributed by atoms with Crippen molar-refractivity contribution in [2.45, 2.75) is 45.7 Å². The van der Waals surface area contributed by atoms with Crippen LogP contribution in [0.15, 0.2) is 17.7 Å². The van der Waals surface area contributed by atoms with E-state index in [9.17, 15) is 9.59 Å². The lowest BCUT2D eigenvalue weighted by atomic mass is 10.0. The first-order chi connectivity index (χ1) is 9.97. The van der Waals surface area contributed by atoms with Crippen molar-refractivity contribution in [3.63, 3.8) is 0 Å². The lowest BCUT2D eigenvalue weighted by Crippen LogP contribution is -2.49. The molecule has 1 atom stereocenters. The van der Waals surface area contributed by atoms with E-state index in [0.717, 1.165) is 29.7 Å². The highest BCUT2D eigenvalue weighted by Gasteiger charge is 2.39. The molecule has 0 bridgehead atoms. The maximum atomic E-state index is 12.6. The van der Waals surface area contributed by atoms with E-state index in [1.54, 1.807) is 16.2 Å². The van der Waals surface area contributed by atoms with E-state index in [0.29, 0.717) is 18.9 Å². The number of allylic oxidation sites excluding steroid dienone is 1. The summed E-state index contributed by atoms with van der Waals surface area (Å²) in [5.41, 5.74) is 2.68. The first kappa shape index (κ1) is 14.3. The van der Waals surface area contributed by atoms with Crippen LogP contribution in [0, 0.1) is 5.92 Å². The molecule has 3 heterocycles. The third-order valence-electron chi connectivity index (χ3n) is 4.09. The summed E-state index contributed by atoms with van der Waals surface area (Å²) in [6.07, 6.45) is 2.41. The molecule has 0 saturated carbocycles. The summed E-state index contributed by atoms with van der Waals surface area (Å²) in [4.78, 5) is 27.7. The number of hydrogen-bond acceptors (Lipinski definition) is 3. The van der Waals surface area contributed by atoms with E-state index < -0.39 is 0 Å². The minimum Gasteiger partial charge on any atom is -0.329 e. The van der Waals surface area contributed by atoms with Gasteiger partial charge in [-0.15, -0.1) is 11.3 Å². The minimum absolute atomic E-state index is 0.00363. The van der Waals surface area contributed by atoms with Gasteiger partial charge < -0.3 is 10.2 Å². The zero-order chi connectivity index (χ0) is 15.1. The molecular weight excluding hydrogens is 284 g/mol. The molecule has 1 fully saturated rings. The first-order valence-corrected chi connectivity index (χ1v) is 8.24. The Morgan fingerprint density at radius 1 is 1.48 bits per heavy atom. The molecule has 5 heteroatoms. The second-order valence-corrected chi connectivity index (χ2v) is 7.19. The van der Waals surface area contributed by atoms with Crippen molar-refractivity contribution in [3.8, 4) is 0 Å². The summed E-state index contributed by atoms with van der Waals surface area (Å²) in [6.45, 7) is 8.72. The van der Waals surface area contributed by atoms with E-state index >= 15 is 0 Å². The lowest BCUT2D eigenvalue weighted by Gasteiger charge is -2.31. The zero-order valence-electron chi connectivity index (χ0n) is 12.4. The summed E-state index contributed by atoms with van der Waals surface area (Å²) in [7, 11) is 0. The van der Waals surface area contributed by atoms with Gasteiger partial charge in [0.05, 0.1) is 5.56 Å². The molecule has 1 unspecified atom stereocenters. The Kier molecular flexibility index (Phi) is 3.61. The highest BCUT2D eigenvalue weighted by atomic mass is 32.1. The number of fused-ring (bicyclic) bond motifs is 1. The topological polar surface area (TPSA) is 49.4 Å². The van der Waals surface area contributed by atoms with Crippen molar-refractivity contribution in [2.24, 2.45) is 5.92 Å². The van der Waals surface area contributed by atoms with Crippen LogP contribution in [-0.4, -0.2) is 22.8 Å². The largest absolute Gasteiger partial charge is 0.329 e. The average Bonchev–Trinajstić information content (AvgIpc) is 2.92. The van der Waals surface area contributed by atoms with Gasteiger partial charge >= 0.3 is 0 Å². The lowest BCUT2D eigenvalue weighted by molar-refractivity contribution is -0.126. The van der Waals surface area contributed by atoms with Crippen LogP contribution in [0.1, 0.15) is 47.5 Å². The molecule has 0 aromatic carbocycles. The number of rotatable bonds is 3. The van der Waals surface area contributed by atoms with Gasteiger partial charge in [0.15, 0.2) is 0 Å². The third-order valence-corrected chi connectivity index (χ3v) is 5.14. The molecule has 0 spiro atoms. The molecular formula is C16H20N2O2S. The van der Waals surface area contributed by atoms with Crippen molar-refractivity contribution in [1.82, 2.24) is 10.2 Å². The molecule has 0 radical (unpaired) electrons. The van der Waals surface area contributed by atoms with Gasteiger partial charge in [-0.3, -0.25) is 9.59 Å². The van der Waals surface area contributed by atoms with E-state index in [2.05, 4.69) is 25.7 Å². The van der Waals surface area contributed by atoms with Crippen LogP contribution in [0.3, 0.4) is 0 Å². The molecule has 3 rings (SSSR count). The number of carbonyl (C=O) groups excluding carboxylic acids is 2. The third kappa shape index (κ3) is 2.50. The fraction of sp³-hybridized carbons (Fsp3) is 0.500. The summed E-state index contributed by atoms with van der Waals surface area (Å²) < 4.78 is 0. The molecule has 2 aliphatic rings. The van der Waals surface area contributed by atoms with Crippen molar-refractivity contribution >= 4 is 23.2 Å². The molecule has 0 aliphatic carbocycles. The highest BCUT2D eigenvalue weighted by Crippen LogP contribution is 2.35. The monoisotopic (exact) mass is 304 g/mol. The number of thiophene rings is 1. The van der Waals surface area contributed by atoms with Crippen molar-refractivity contribution in [2.75, 3.05) is 0 Å². The maximum absolute atomic E-state index is 12.6. The smallest absolute Gasteiger partial charge is 0.256 e. The van der Waals surface area contributed by atoms with Crippen LogP contribution in [0.25, 0.3) is 0 Å². The number of nitrogens with zero attached hydrogens (tertiary/aromatic N) is 1. The van der Waals surface area contributed by atoms with Crippen LogP contribution >= 0.6 is 11.3 Å². The van der Waals surface area contributed by atoms with Gasteiger partial charge in [-0.2, -0.15) is 0 Å². The van der Waals surface area contributed by atoms with Crippen molar-refractivity contribution < 1.29 is 9.59 Å². The number of nitrogens with one attached hydrogen (secondary N) is 1. The van der Waals surface area contributed by atoms with Gasteiger partial charge in [0, 0.05) is 22.5 Å². The number of piperidine rings is 1. The standard InChI is InChI=1S/C16H20N2O2S/c1-9(2)6-14-11-7-18(16(20)12(11)8-21-14)13-5-4-10(3)17-15(13)19/h8-9,13H,3-7H2,1-2H3,(H,17,19). The second-order valence-electron chi connectivity index (χ2n) is 6.23. The molecule has 1 aromatic rings. The predicted octanol–water partition coefficient (Wildman–Crippen LogP) is 2.69. The summed E-state index contributed by atoms with van der Waals surface area (Å²) in [5.74, 6) is 0.473. The normalized spacial score (nSPS) is 22.0. The molecule has 112 valence electrons. The number of amides is 2. The summed E-state index contributed by atoms with van der Waals surface area (Å²) in [5, 5.41) is 4.72. The molecule has 1 saturated heterocycles. The molecule has 2 amide bonds. The van der Waals surface area contributed by atoms with E-state index in [-0.39, 0.29) is 17.9 Å². The Hall–Kier alpha value is -1.62. The molecule has 2 aliphatic heterocycles. The van der Waals surface area contributed by atoms with Crippen LogP contribution in [0.4, 0.5) is 0 Å². The van der Waals surface area contributed by atoms with Crippen LogP contribution in [0.2, 0.25) is 0 Å². The van der Waals surface area contributed by atoms with Crippen LogP contribution in [-0.2, 0) is 17.8 Å². The fourth-order valence-corrected chi connectivity index (χ4v) is 4.28. The predicted molar refractivity (Wildman–Crippen MR) is 83.0 cm³/mol. The van der Waals surface area contributed by atoms with Gasteiger partial charge in [-0.1, -0.05) is 20.4 Å². The molecule has 4 nitrogen and oxygen atoms in total. The Morgan fingerprint density at radius 2 is 2.24 bits per heavy atom. The maximum Gasteiger partial charge on any atom is 0.256 e. The SMILES string of the molecule is C=C1CCC(N2Cc3c(csc3CC(C)C)C2=O)C(=O)N1. The fourth-order valence-electron chi connectivity index (χ4n) is 3.03. The molecule has 1 aromatic heterocycles. The zero-order valence-corrected chi connectivity index (χ0v) is 13.3. The van der Waals surface area contributed by atoms with E-state index in [1.807, 2.05) is 5.38 Å². The van der Waals surface area contributed by atoms with E-state index in [1.165, 1.54) is 4.88 Å². The minimum atomic E-state index is -0.354. The Labute approximate surface area is 128 Å². The van der Waals surface area contributed by atoms with Gasteiger partial charge in [0.25, 0.3) is 5.91 Å². The van der Waals surface area contributed by atoms with Gasteiger partial charge in [0.2, 0.25) is 5.91 Å². The quantitative estimate of drug-likeness (QED) is 0.933.